The third kappa shape index (κ3) is 6.66. The number of anilines is 2. The van der Waals surface area contributed by atoms with E-state index in [9.17, 15) is 9.59 Å². The minimum absolute atomic E-state index is 0.123. The molecule has 0 aliphatic carbocycles. The van der Waals surface area contributed by atoms with E-state index < -0.39 is 17.2 Å². The number of carbonyl (C=O) groups is 2. The van der Waals surface area contributed by atoms with E-state index in [0.29, 0.717) is 30.5 Å². The molecular weight excluding hydrogens is 422 g/mol. The summed E-state index contributed by atoms with van der Waals surface area (Å²) in [7, 11) is 0. The standard InChI is InChI=1S/C23H35N7O3/c1-14-12-19(29-28-14)26-18-13-17(24-15(2)25-18)16-8-10-30(11-9-16)20(31)23(6,7)27-21(32)33-22(3,4)5/h12-13,16H,8-11H2,1-7H3,(H,27,32)(H2,24,25,26,28,29). The van der Waals surface area contributed by atoms with E-state index in [1.54, 1.807) is 39.5 Å². The maximum atomic E-state index is 13.1. The molecule has 1 saturated heterocycles. The molecule has 1 aliphatic rings. The number of amides is 2. The van der Waals surface area contributed by atoms with Crippen molar-refractivity contribution in [3.63, 3.8) is 0 Å². The van der Waals surface area contributed by atoms with Crippen LogP contribution in [0.15, 0.2) is 12.1 Å². The van der Waals surface area contributed by atoms with Gasteiger partial charge in [-0.3, -0.25) is 9.89 Å². The smallest absolute Gasteiger partial charge is 0.408 e. The van der Waals surface area contributed by atoms with Gasteiger partial charge in [-0.15, -0.1) is 0 Å². The maximum Gasteiger partial charge on any atom is 0.408 e. The first kappa shape index (κ1) is 24.5. The van der Waals surface area contributed by atoms with Crippen LogP contribution in [0.3, 0.4) is 0 Å². The summed E-state index contributed by atoms with van der Waals surface area (Å²) in [5.41, 5.74) is 0.237. The highest BCUT2D eigenvalue weighted by molar-refractivity contribution is 5.89. The van der Waals surface area contributed by atoms with Crippen LogP contribution in [0.25, 0.3) is 0 Å². The lowest BCUT2D eigenvalue weighted by Gasteiger charge is -2.37. The number of carbonyl (C=O) groups excluding carboxylic acids is 2. The van der Waals surface area contributed by atoms with Crippen molar-refractivity contribution in [1.29, 1.82) is 0 Å². The average molecular weight is 458 g/mol. The Kier molecular flexibility index (Phi) is 6.94. The number of aromatic nitrogens is 4. The van der Waals surface area contributed by atoms with Crippen LogP contribution in [0.2, 0.25) is 0 Å². The number of hydrogen-bond donors (Lipinski definition) is 3. The van der Waals surface area contributed by atoms with Gasteiger partial charge in [-0.05, 0) is 61.3 Å². The third-order valence-electron chi connectivity index (χ3n) is 5.37. The van der Waals surface area contributed by atoms with Gasteiger partial charge < -0.3 is 20.3 Å². The van der Waals surface area contributed by atoms with Crippen LogP contribution in [0.4, 0.5) is 16.4 Å². The van der Waals surface area contributed by atoms with Gasteiger partial charge >= 0.3 is 6.09 Å². The number of hydrogen-bond acceptors (Lipinski definition) is 7. The quantitative estimate of drug-likeness (QED) is 0.627. The molecule has 0 bridgehead atoms. The number of nitrogens with zero attached hydrogens (tertiary/aromatic N) is 4. The summed E-state index contributed by atoms with van der Waals surface area (Å²) in [5, 5.41) is 13.0. The molecule has 3 heterocycles. The van der Waals surface area contributed by atoms with Crippen LogP contribution >= 0.6 is 0 Å². The number of aromatic amines is 1. The summed E-state index contributed by atoms with van der Waals surface area (Å²) >= 11 is 0. The molecule has 10 heteroatoms. The molecule has 0 unspecified atom stereocenters. The number of piperidine rings is 1. The first-order valence-corrected chi connectivity index (χ1v) is 11.3. The zero-order valence-electron chi connectivity index (χ0n) is 20.6. The normalized spacial score (nSPS) is 15.3. The van der Waals surface area contributed by atoms with Crippen LogP contribution in [-0.2, 0) is 9.53 Å². The van der Waals surface area contributed by atoms with Crippen molar-refractivity contribution in [3.05, 3.63) is 29.3 Å². The molecule has 1 fully saturated rings. The van der Waals surface area contributed by atoms with Crippen molar-refractivity contribution in [3.8, 4) is 0 Å². The van der Waals surface area contributed by atoms with E-state index in [4.69, 9.17) is 4.74 Å². The van der Waals surface area contributed by atoms with Gasteiger partial charge in [0.05, 0.1) is 0 Å². The maximum absolute atomic E-state index is 13.1. The van der Waals surface area contributed by atoms with Crippen LogP contribution < -0.4 is 10.6 Å². The van der Waals surface area contributed by atoms with Gasteiger partial charge in [0.2, 0.25) is 5.91 Å². The molecule has 0 atom stereocenters. The Morgan fingerprint density at radius 1 is 1.06 bits per heavy atom. The molecule has 10 nitrogen and oxygen atoms in total. The number of ether oxygens (including phenoxy) is 1. The van der Waals surface area contributed by atoms with Crippen LogP contribution in [0.5, 0.6) is 0 Å². The van der Waals surface area contributed by atoms with E-state index in [-0.39, 0.29) is 11.8 Å². The lowest BCUT2D eigenvalue weighted by atomic mass is 9.91. The molecule has 3 rings (SSSR count). The SMILES string of the molecule is Cc1nc(Nc2cc(C)[nH]n2)cc(C2CCN(C(=O)C(C)(C)NC(=O)OC(C)(C)C)CC2)n1. The van der Waals surface area contributed by atoms with Crippen molar-refractivity contribution in [2.45, 2.75) is 78.4 Å². The minimum atomic E-state index is -1.06. The number of likely N-dealkylation sites (tertiary alicyclic amines) is 1. The fraction of sp³-hybridized carbons (Fsp3) is 0.609. The minimum Gasteiger partial charge on any atom is -0.444 e. The predicted octanol–water partition coefficient (Wildman–Crippen LogP) is 3.57. The molecule has 0 radical (unpaired) electrons. The van der Waals surface area contributed by atoms with Gasteiger partial charge in [0, 0.05) is 42.5 Å². The number of aryl methyl sites for hydroxylation is 2. The number of alkyl carbamates (subject to hydrolysis) is 1. The van der Waals surface area contributed by atoms with Crippen LogP contribution in [0.1, 0.15) is 70.6 Å². The summed E-state index contributed by atoms with van der Waals surface area (Å²) in [6, 6.07) is 3.86. The zero-order valence-corrected chi connectivity index (χ0v) is 20.6. The second kappa shape index (κ2) is 9.36. The summed E-state index contributed by atoms with van der Waals surface area (Å²) in [5.74, 6) is 2.19. The second-order valence-corrected chi connectivity index (χ2v) is 10.1. The Morgan fingerprint density at radius 3 is 2.30 bits per heavy atom. The van der Waals surface area contributed by atoms with Crippen LogP contribution in [-0.4, -0.2) is 61.3 Å². The van der Waals surface area contributed by atoms with Gasteiger partial charge in [0.15, 0.2) is 5.82 Å². The summed E-state index contributed by atoms with van der Waals surface area (Å²) in [6.45, 7) is 13.8. The Hall–Kier alpha value is -3.17. The fourth-order valence-electron chi connectivity index (χ4n) is 3.86. The Bertz CT molecular complexity index is 1000. The predicted molar refractivity (Wildman–Crippen MR) is 125 cm³/mol. The third-order valence-corrected chi connectivity index (χ3v) is 5.37. The van der Waals surface area contributed by atoms with Crippen molar-refractivity contribution >= 4 is 23.6 Å². The Labute approximate surface area is 194 Å². The highest BCUT2D eigenvalue weighted by Gasteiger charge is 2.37. The molecular formula is C23H35N7O3. The molecule has 2 aromatic heterocycles. The van der Waals surface area contributed by atoms with E-state index in [1.807, 2.05) is 26.0 Å². The topological polar surface area (TPSA) is 125 Å². The molecule has 0 aromatic carbocycles. The summed E-state index contributed by atoms with van der Waals surface area (Å²) < 4.78 is 5.30. The number of H-pyrrole nitrogens is 1. The first-order valence-electron chi connectivity index (χ1n) is 11.3. The average Bonchev–Trinajstić information content (AvgIpc) is 3.09. The van der Waals surface area contributed by atoms with E-state index >= 15 is 0 Å². The van der Waals surface area contributed by atoms with E-state index in [0.717, 1.165) is 24.2 Å². The van der Waals surface area contributed by atoms with Gasteiger partial charge in [0.25, 0.3) is 0 Å². The van der Waals surface area contributed by atoms with Gasteiger partial charge in [0.1, 0.15) is 22.8 Å². The highest BCUT2D eigenvalue weighted by Crippen LogP contribution is 2.29. The fourth-order valence-corrected chi connectivity index (χ4v) is 3.86. The largest absolute Gasteiger partial charge is 0.444 e. The Morgan fingerprint density at radius 2 is 1.73 bits per heavy atom. The Balaban J connectivity index is 1.61. The van der Waals surface area contributed by atoms with Gasteiger partial charge in [-0.25, -0.2) is 14.8 Å². The first-order chi connectivity index (χ1) is 15.3. The van der Waals surface area contributed by atoms with Crippen molar-refractivity contribution in [2.24, 2.45) is 0 Å². The lowest BCUT2D eigenvalue weighted by molar-refractivity contribution is -0.138. The highest BCUT2D eigenvalue weighted by atomic mass is 16.6. The molecule has 0 spiro atoms. The van der Waals surface area contributed by atoms with Crippen molar-refractivity contribution in [2.75, 3.05) is 18.4 Å². The lowest BCUT2D eigenvalue weighted by Crippen LogP contribution is -2.57. The van der Waals surface area contributed by atoms with E-state index in [1.165, 1.54) is 0 Å². The monoisotopic (exact) mass is 457 g/mol. The molecule has 2 amide bonds. The van der Waals surface area contributed by atoms with Gasteiger partial charge in [-0.2, -0.15) is 5.10 Å². The van der Waals surface area contributed by atoms with Crippen molar-refractivity contribution < 1.29 is 14.3 Å². The molecule has 3 N–H and O–H groups in total. The van der Waals surface area contributed by atoms with Crippen molar-refractivity contribution in [1.82, 2.24) is 30.4 Å². The second-order valence-electron chi connectivity index (χ2n) is 10.1. The summed E-state index contributed by atoms with van der Waals surface area (Å²) in [4.78, 5) is 36.2. The van der Waals surface area contributed by atoms with E-state index in [2.05, 4.69) is 30.8 Å². The molecule has 0 saturated carbocycles. The van der Waals surface area contributed by atoms with Crippen LogP contribution in [0, 0.1) is 13.8 Å². The molecule has 33 heavy (non-hydrogen) atoms. The zero-order chi connectivity index (χ0) is 24.4. The van der Waals surface area contributed by atoms with Gasteiger partial charge in [-0.1, -0.05) is 0 Å². The number of nitrogens with one attached hydrogen (secondary N) is 3. The molecule has 1 aliphatic heterocycles. The number of rotatable bonds is 5. The molecule has 2 aromatic rings. The molecule has 180 valence electrons. The summed E-state index contributed by atoms with van der Waals surface area (Å²) in [6.07, 6.45) is 0.969.